The Kier molecular flexibility index (Phi) is 3.98. The minimum Gasteiger partial charge on any atom is -0.389 e. The van der Waals surface area contributed by atoms with Gasteiger partial charge in [0, 0.05) is 0 Å². The van der Waals surface area contributed by atoms with Gasteiger partial charge in [0.1, 0.15) is 0 Å². The fraction of sp³-hybridized carbons (Fsp3) is 1.00. The summed E-state index contributed by atoms with van der Waals surface area (Å²) >= 11 is 0. The lowest BCUT2D eigenvalue weighted by Gasteiger charge is -2.42. The van der Waals surface area contributed by atoms with Crippen molar-refractivity contribution in [2.75, 3.05) is 0 Å². The van der Waals surface area contributed by atoms with Crippen LogP contribution in [0.4, 0.5) is 0 Å². The molecule has 1 heteroatoms. The molecule has 0 aliphatic rings. The van der Waals surface area contributed by atoms with E-state index in [9.17, 15) is 5.11 Å². The first-order chi connectivity index (χ1) is 5.59. The van der Waals surface area contributed by atoms with Crippen LogP contribution in [0.15, 0.2) is 0 Å². The van der Waals surface area contributed by atoms with Crippen LogP contribution in [-0.2, 0) is 0 Å². The molecule has 0 aromatic carbocycles. The molecule has 0 aliphatic heterocycles. The summed E-state index contributed by atoms with van der Waals surface area (Å²) in [5, 5.41) is 10.4. The molecule has 0 radical (unpaired) electrons. The highest BCUT2D eigenvalue weighted by Gasteiger charge is 2.39. The molecule has 0 saturated carbocycles. The molecular weight excluding hydrogens is 160 g/mol. The van der Waals surface area contributed by atoms with Crippen molar-refractivity contribution in [3.63, 3.8) is 0 Å². The minimum absolute atomic E-state index is 0.0404. The van der Waals surface area contributed by atoms with E-state index in [1.54, 1.807) is 0 Å². The zero-order valence-corrected chi connectivity index (χ0v) is 10.3. The number of hydrogen-bond acceptors (Lipinski definition) is 1. The highest BCUT2D eigenvalue weighted by molar-refractivity contribution is 4.90. The van der Waals surface area contributed by atoms with Crippen molar-refractivity contribution in [3.8, 4) is 0 Å². The third-order valence-corrected chi connectivity index (χ3v) is 3.30. The summed E-state index contributed by atoms with van der Waals surface area (Å²) in [5.74, 6) is 1.01. The van der Waals surface area contributed by atoms with Gasteiger partial charge < -0.3 is 5.11 Å². The first-order valence-corrected chi connectivity index (χ1v) is 5.31. The molecule has 80 valence electrons. The van der Waals surface area contributed by atoms with Gasteiger partial charge in [0.15, 0.2) is 0 Å². The second kappa shape index (κ2) is 4.00. The van der Waals surface area contributed by atoms with Gasteiger partial charge in [-0.2, -0.15) is 0 Å². The summed E-state index contributed by atoms with van der Waals surface area (Å²) in [7, 11) is 0. The van der Waals surface area contributed by atoms with Crippen LogP contribution < -0.4 is 0 Å². The molecule has 0 amide bonds. The van der Waals surface area contributed by atoms with Crippen LogP contribution in [0.2, 0.25) is 0 Å². The number of hydrogen-bond donors (Lipinski definition) is 1. The molecule has 0 heterocycles. The molecular formula is C12H26O. The molecule has 13 heavy (non-hydrogen) atoms. The Morgan fingerprint density at radius 2 is 1.38 bits per heavy atom. The molecule has 2 atom stereocenters. The highest BCUT2D eigenvalue weighted by Crippen LogP contribution is 2.38. The highest BCUT2D eigenvalue weighted by atomic mass is 16.3. The second-order valence-electron chi connectivity index (χ2n) is 5.93. The molecule has 0 aliphatic carbocycles. The molecule has 0 aromatic heterocycles. The maximum absolute atomic E-state index is 10.4. The van der Waals surface area contributed by atoms with Crippen LogP contribution >= 0.6 is 0 Å². The third kappa shape index (κ3) is 3.30. The second-order valence-corrected chi connectivity index (χ2v) is 5.93. The fourth-order valence-electron chi connectivity index (χ4n) is 1.68. The zero-order chi connectivity index (χ0) is 10.9. The van der Waals surface area contributed by atoms with E-state index in [0.717, 1.165) is 6.42 Å². The van der Waals surface area contributed by atoms with Gasteiger partial charge in [-0.3, -0.25) is 0 Å². The molecule has 1 N–H and O–H groups in total. The average Bonchev–Trinajstić information content (AvgIpc) is 1.82. The van der Waals surface area contributed by atoms with Gasteiger partial charge in [-0.25, -0.2) is 0 Å². The predicted octanol–water partition coefficient (Wildman–Crippen LogP) is 3.47. The van der Waals surface area contributed by atoms with Crippen LogP contribution in [0.5, 0.6) is 0 Å². The van der Waals surface area contributed by atoms with Gasteiger partial charge in [0.2, 0.25) is 0 Å². The van der Waals surface area contributed by atoms with Gasteiger partial charge in [0.05, 0.1) is 5.60 Å². The zero-order valence-electron chi connectivity index (χ0n) is 10.3. The van der Waals surface area contributed by atoms with Crippen LogP contribution in [-0.4, -0.2) is 10.7 Å². The summed E-state index contributed by atoms with van der Waals surface area (Å²) in [4.78, 5) is 0. The minimum atomic E-state index is -0.572. The summed E-state index contributed by atoms with van der Waals surface area (Å²) < 4.78 is 0. The lowest BCUT2D eigenvalue weighted by atomic mass is 9.69. The summed E-state index contributed by atoms with van der Waals surface area (Å²) in [6.07, 6.45) is 1.09. The fourth-order valence-corrected chi connectivity index (χ4v) is 1.68. The summed E-state index contributed by atoms with van der Waals surface area (Å²) in [5.41, 5.74) is -0.613. The molecule has 1 nitrogen and oxygen atoms in total. The van der Waals surface area contributed by atoms with E-state index in [0.29, 0.717) is 11.8 Å². The average molecular weight is 186 g/mol. The Morgan fingerprint density at radius 3 is 1.62 bits per heavy atom. The Morgan fingerprint density at radius 1 is 1.00 bits per heavy atom. The van der Waals surface area contributed by atoms with E-state index in [1.165, 1.54) is 0 Å². The van der Waals surface area contributed by atoms with Crippen molar-refractivity contribution in [2.45, 2.75) is 60.5 Å². The van der Waals surface area contributed by atoms with E-state index >= 15 is 0 Å². The van der Waals surface area contributed by atoms with Gasteiger partial charge in [-0.1, -0.05) is 41.5 Å². The van der Waals surface area contributed by atoms with Crippen LogP contribution in [0.1, 0.15) is 54.9 Å². The van der Waals surface area contributed by atoms with Crippen molar-refractivity contribution in [1.82, 2.24) is 0 Å². The first-order valence-electron chi connectivity index (χ1n) is 5.31. The largest absolute Gasteiger partial charge is 0.389 e. The Hall–Kier alpha value is -0.0400. The smallest absolute Gasteiger partial charge is 0.0693 e. The topological polar surface area (TPSA) is 20.2 Å². The normalized spacial score (nSPS) is 20.1. The number of rotatable bonds is 3. The van der Waals surface area contributed by atoms with E-state index < -0.39 is 5.60 Å². The Labute approximate surface area is 83.5 Å². The molecule has 0 rings (SSSR count). The van der Waals surface area contributed by atoms with Crippen LogP contribution in [0.25, 0.3) is 0 Å². The van der Waals surface area contributed by atoms with Crippen LogP contribution in [0.3, 0.4) is 0 Å². The summed E-state index contributed by atoms with van der Waals surface area (Å²) in [6, 6.07) is 0. The van der Waals surface area contributed by atoms with E-state index in [4.69, 9.17) is 0 Å². The molecule has 0 bridgehead atoms. The molecule has 2 unspecified atom stereocenters. The molecule has 0 spiro atoms. The van der Waals surface area contributed by atoms with Gasteiger partial charge in [0.25, 0.3) is 0 Å². The summed E-state index contributed by atoms with van der Waals surface area (Å²) in [6.45, 7) is 14.8. The monoisotopic (exact) mass is 186 g/mol. The Bertz CT molecular complexity index is 151. The van der Waals surface area contributed by atoms with E-state index in [-0.39, 0.29) is 5.41 Å². The van der Waals surface area contributed by atoms with Crippen LogP contribution in [0, 0.1) is 17.3 Å². The van der Waals surface area contributed by atoms with Gasteiger partial charge >= 0.3 is 0 Å². The Balaban J connectivity index is 4.45. The maximum atomic E-state index is 10.4. The van der Waals surface area contributed by atoms with Crippen molar-refractivity contribution >= 4 is 0 Å². The van der Waals surface area contributed by atoms with Crippen molar-refractivity contribution in [2.24, 2.45) is 17.3 Å². The maximum Gasteiger partial charge on any atom is 0.0693 e. The predicted molar refractivity (Wildman–Crippen MR) is 58.7 cm³/mol. The van der Waals surface area contributed by atoms with Crippen molar-refractivity contribution < 1.29 is 5.11 Å². The SMILES string of the molecule is CC(C)CC(C)C(C)(O)C(C)(C)C. The lowest BCUT2D eigenvalue weighted by molar-refractivity contribution is -0.0888. The van der Waals surface area contributed by atoms with E-state index in [1.807, 2.05) is 6.92 Å². The first kappa shape index (κ1) is 13.0. The van der Waals surface area contributed by atoms with E-state index in [2.05, 4.69) is 41.5 Å². The third-order valence-electron chi connectivity index (χ3n) is 3.30. The molecule has 0 saturated heterocycles. The number of aliphatic hydroxyl groups is 1. The van der Waals surface area contributed by atoms with Gasteiger partial charge in [-0.15, -0.1) is 0 Å². The quantitative estimate of drug-likeness (QED) is 0.715. The van der Waals surface area contributed by atoms with Crippen molar-refractivity contribution in [1.29, 1.82) is 0 Å². The molecule has 0 fully saturated rings. The van der Waals surface area contributed by atoms with Gasteiger partial charge in [-0.05, 0) is 30.6 Å². The lowest BCUT2D eigenvalue weighted by Crippen LogP contribution is -2.45. The molecule has 0 aromatic rings. The standard InChI is InChI=1S/C12H26O/c1-9(2)8-10(3)12(7,13)11(4,5)6/h9-10,13H,8H2,1-7H3. The van der Waals surface area contributed by atoms with Crippen molar-refractivity contribution in [3.05, 3.63) is 0 Å².